The van der Waals surface area contributed by atoms with Crippen LogP contribution in [0.3, 0.4) is 0 Å². The number of nitrogens with zero attached hydrogens (tertiary/aromatic N) is 2. The second-order valence-electron chi connectivity index (χ2n) is 7.48. The minimum Gasteiger partial charge on any atom is -0.498 e. The number of sulfone groups is 1. The third kappa shape index (κ3) is 2.46. The summed E-state index contributed by atoms with van der Waals surface area (Å²) in [6.45, 7) is 0. The van der Waals surface area contributed by atoms with Crippen LogP contribution in [-0.2, 0) is 16.3 Å². The Morgan fingerprint density at radius 2 is 1.82 bits per heavy atom. The van der Waals surface area contributed by atoms with Crippen LogP contribution in [0.4, 0.5) is 0 Å². The molecule has 28 heavy (non-hydrogen) atoms. The molecule has 0 aromatic heterocycles. The summed E-state index contributed by atoms with van der Waals surface area (Å²) in [5.74, 6) is 0.285. The zero-order valence-corrected chi connectivity index (χ0v) is 20.8. The summed E-state index contributed by atoms with van der Waals surface area (Å²) in [6.07, 6.45) is 3.09. The summed E-state index contributed by atoms with van der Waals surface area (Å²) < 4.78 is 31.0. The van der Waals surface area contributed by atoms with Crippen molar-refractivity contribution < 1.29 is 13.1 Å². The Labute approximate surface area is 194 Å². The van der Waals surface area contributed by atoms with E-state index in [1.165, 1.54) is 5.56 Å². The first-order chi connectivity index (χ1) is 13.3. The van der Waals surface area contributed by atoms with Gasteiger partial charge in [0.25, 0.3) is 15.5 Å². The van der Waals surface area contributed by atoms with Crippen LogP contribution in [-0.4, -0.2) is 18.0 Å². The fourth-order valence-corrected chi connectivity index (χ4v) is 8.01. The molecule has 0 amide bonds. The molecular formula is C20H15Br2IN2O2S. The van der Waals surface area contributed by atoms with Crippen LogP contribution in [0, 0.1) is 9.49 Å². The maximum absolute atomic E-state index is 13.5. The molecular weight excluding hydrogens is 619 g/mol. The average Bonchev–Trinajstić information content (AvgIpc) is 3.31. The molecule has 2 atom stereocenters. The maximum Gasteiger partial charge on any atom is 0.343 e. The van der Waals surface area contributed by atoms with Gasteiger partial charge in [-0.2, -0.15) is 0 Å². The molecule has 5 rings (SSSR count). The number of allylic oxidation sites excluding steroid dienone is 1. The highest BCUT2D eigenvalue weighted by molar-refractivity contribution is 14.1. The Hall–Kier alpha value is -0.580. The molecule has 0 N–H and O–H groups in total. The summed E-state index contributed by atoms with van der Waals surface area (Å²) >= 11 is 9.38. The highest BCUT2D eigenvalue weighted by atomic mass is 127. The first-order valence-electron chi connectivity index (χ1n) is 9.00. The van der Waals surface area contributed by atoms with E-state index in [4.69, 9.17) is 0 Å². The quantitative estimate of drug-likeness (QED) is 0.228. The largest absolute Gasteiger partial charge is 0.498 e. The first-order valence-corrected chi connectivity index (χ1v) is 13.1. The third-order valence-electron chi connectivity index (χ3n) is 6.17. The summed E-state index contributed by atoms with van der Waals surface area (Å²) in [4.78, 5) is -1.06. The van der Waals surface area contributed by atoms with Crippen molar-refractivity contribution in [3.05, 3.63) is 71.3 Å². The average molecular weight is 634 g/mol. The Balaban J connectivity index is 1.72. The van der Waals surface area contributed by atoms with Gasteiger partial charge in [0, 0.05) is 24.5 Å². The van der Waals surface area contributed by atoms with E-state index in [9.17, 15) is 13.9 Å². The van der Waals surface area contributed by atoms with Gasteiger partial charge >= 0.3 is 4.87 Å². The summed E-state index contributed by atoms with van der Waals surface area (Å²) in [5.41, 5.74) is 14.6. The summed E-state index contributed by atoms with van der Waals surface area (Å²) in [7, 11) is -3.73. The van der Waals surface area contributed by atoms with Crippen molar-refractivity contribution in [1.29, 1.82) is 0 Å². The summed E-state index contributed by atoms with van der Waals surface area (Å²) in [5, 5.41) is 0. The summed E-state index contributed by atoms with van der Waals surface area (Å²) in [6, 6.07) is 10.9. The zero-order chi connectivity index (χ0) is 19.8. The second kappa shape index (κ2) is 6.46. The highest BCUT2D eigenvalue weighted by Crippen LogP contribution is 2.62. The molecule has 0 saturated carbocycles. The predicted octanol–water partition coefficient (Wildman–Crippen LogP) is 6.10. The van der Waals surface area contributed by atoms with Crippen LogP contribution >= 0.6 is 54.5 Å². The van der Waals surface area contributed by atoms with E-state index in [0.29, 0.717) is 12.1 Å². The fraction of sp³-hybridized carbons (Fsp3) is 0.300. The van der Waals surface area contributed by atoms with Gasteiger partial charge in [-0.3, -0.25) is 4.70 Å². The maximum atomic E-state index is 13.5. The van der Waals surface area contributed by atoms with Crippen LogP contribution in [0.5, 0.6) is 0 Å². The first kappa shape index (κ1) is 19.4. The lowest BCUT2D eigenvalue weighted by Gasteiger charge is -2.29. The monoisotopic (exact) mass is 632 g/mol. The molecule has 1 saturated heterocycles. The molecule has 144 valence electrons. The van der Waals surface area contributed by atoms with Crippen LogP contribution in [0.15, 0.2) is 55.9 Å². The number of fused-ring (bicyclic) bond motifs is 4. The standard InChI is InChI=1S/C20H15Br2IN2O2S/c21-16-8-7-14-15(18(16)22)6-1-11-9-10-20(19(17(11)14)25(20)24)28(26,27)13-4-2-12(23)3-5-13/h2-5,7-8,11H,1,6,9-10H2. The number of hydrogen-bond donors (Lipinski definition) is 0. The molecule has 2 unspecified atom stereocenters. The predicted molar refractivity (Wildman–Crippen MR) is 123 cm³/mol. The third-order valence-corrected chi connectivity index (χ3v) is 11.3. The van der Waals surface area contributed by atoms with E-state index in [1.54, 1.807) is 24.3 Å². The van der Waals surface area contributed by atoms with E-state index in [1.807, 2.05) is 12.1 Å². The van der Waals surface area contributed by atoms with E-state index in [2.05, 4.69) is 54.5 Å². The number of hydrogen-bond acceptors (Lipinski definition) is 2. The van der Waals surface area contributed by atoms with Gasteiger partial charge in [0.05, 0.1) is 4.90 Å². The van der Waals surface area contributed by atoms with Crippen LogP contribution in [0.25, 0.3) is 11.1 Å². The van der Waals surface area contributed by atoms with Gasteiger partial charge in [-0.15, -0.1) is 0 Å². The molecule has 0 bridgehead atoms. The lowest BCUT2D eigenvalue weighted by atomic mass is 9.74. The number of benzene rings is 2. The second-order valence-corrected chi connectivity index (χ2v) is 12.5. The number of halogens is 3. The highest BCUT2D eigenvalue weighted by Gasteiger charge is 2.76. The van der Waals surface area contributed by atoms with Gasteiger partial charge in [0.1, 0.15) is 0 Å². The Bertz CT molecular complexity index is 1190. The van der Waals surface area contributed by atoms with Crippen molar-refractivity contribution in [2.75, 3.05) is 0 Å². The molecule has 1 aliphatic heterocycles. The van der Waals surface area contributed by atoms with E-state index < -0.39 is 14.7 Å². The molecule has 1 heterocycles. The molecule has 2 aromatic carbocycles. The minimum absolute atomic E-state index is 0.258. The SMILES string of the molecule is [N-]=[N+]1C2=C3c4ccc(Br)c(Br)c4CCC3CCC21S(=O)(=O)c1ccc(I)cc1. The molecule has 3 aliphatic rings. The molecule has 2 aliphatic carbocycles. The van der Waals surface area contributed by atoms with Crippen LogP contribution < -0.4 is 0 Å². The Morgan fingerprint density at radius 3 is 2.54 bits per heavy atom. The van der Waals surface area contributed by atoms with E-state index in [0.717, 1.165) is 47.6 Å². The van der Waals surface area contributed by atoms with Gasteiger partial charge in [-0.05, 0) is 121 Å². The van der Waals surface area contributed by atoms with Crippen molar-refractivity contribution >= 4 is 69.9 Å². The van der Waals surface area contributed by atoms with Gasteiger partial charge in [0.2, 0.25) is 0 Å². The molecule has 0 spiro atoms. The molecule has 2 aromatic rings. The van der Waals surface area contributed by atoms with Crippen molar-refractivity contribution in [3.63, 3.8) is 0 Å². The lowest BCUT2D eigenvalue weighted by Crippen LogP contribution is -2.31. The van der Waals surface area contributed by atoms with E-state index in [-0.39, 0.29) is 10.8 Å². The molecule has 0 radical (unpaired) electrons. The fourth-order valence-electron chi connectivity index (χ4n) is 4.74. The van der Waals surface area contributed by atoms with Crippen molar-refractivity contribution in [1.82, 2.24) is 0 Å². The van der Waals surface area contributed by atoms with Crippen molar-refractivity contribution in [2.24, 2.45) is 5.92 Å². The number of rotatable bonds is 2. The van der Waals surface area contributed by atoms with Gasteiger partial charge in [-0.1, -0.05) is 6.07 Å². The molecule has 8 heteroatoms. The smallest absolute Gasteiger partial charge is 0.343 e. The zero-order valence-electron chi connectivity index (χ0n) is 14.6. The minimum atomic E-state index is -3.73. The normalized spacial score (nSPS) is 25.8. The molecule has 4 nitrogen and oxygen atoms in total. The molecule has 1 fully saturated rings. The van der Waals surface area contributed by atoms with Crippen molar-refractivity contribution in [2.45, 2.75) is 35.4 Å². The Morgan fingerprint density at radius 1 is 1.11 bits per heavy atom. The van der Waals surface area contributed by atoms with E-state index >= 15 is 0 Å². The van der Waals surface area contributed by atoms with Gasteiger partial charge in [0.15, 0.2) is 0 Å². The van der Waals surface area contributed by atoms with Gasteiger partial charge < -0.3 is 5.53 Å². The van der Waals surface area contributed by atoms with Crippen molar-refractivity contribution in [3.8, 4) is 0 Å². The van der Waals surface area contributed by atoms with Crippen LogP contribution in [0.1, 0.15) is 30.4 Å². The van der Waals surface area contributed by atoms with Crippen LogP contribution in [0.2, 0.25) is 0 Å². The lowest BCUT2D eigenvalue weighted by molar-refractivity contribution is -0.374. The topological polar surface area (TPSA) is 59.5 Å². The van der Waals surface area contributed by atoms with Gasteiger partial charge in [-0.25, -0.2) is 8.42 Å². The Kier molecular flexibility index (Phi) is 4.47.